The number of carbonyl (C=O) groups excluding carboxylic acids is 4. The largest absolute Gasteiger partial charge is 0.452 e. The number of hydrogen-bond donors (Lipinski definition) is 1. The molecule has 2 aliphatic rings. The van der Waals surface area contributed by atoms with Gasteiger partial charge in [-0.1, -0.05) is 48.5 Å². The second-order valence-corrected chi connectivity index (χ2v) is 10.1. The molecule has 0 unspecified atom stereocenters. The first-order valence-corrected chi connectivity index (χ1v) is 12.9. The lowest BCUT2D eigenvalue weighted by Gasteiger charge is -2.28. The third-order valence-corrected chi connectivity index (χ3v) is 7.54. The molecule has 38 heavy (non-hydrogen) atoms. The molecule has 194 valence electrons. The highest BCUT2D eigenvalue weighted by Crippen LogP contribution is 2.45. The Morgan fingerprint density at radius 2 is 1.66 bits per heavy atom. The molecule has 0 radical (unpaired) electrons. The summed E-state index contributed by atoms with van der Waals surface area (Å²) in [5.41, 5.74) is 4.27. The van der Waals surface area contributed by atoms with Gasteiger partial charge in [-0.15, -0.1) is 0 Å². The van der Waals surface area contributed by atoms with Crippen LogP contribution in [0.15, 0.2) is 72.8 Å². The molecular weight excluding hydrogens is 480 g/mol. The molecule has 0 aromatic heterocycles. The highest BCUT2D eigenvalue weighted by molar-refractivity contribution is 6.22. The van der Waals surface area contributed by atoms with Crippen molar-refractivity contribution in [1.29, 1.82) is 0 Å². The maximum Gasteiger partial charge on any atom is 0.338 e. The quantitative estimate of drug-likeness (QED) is 0.365. The molecule has 1 saturated heterocycles. The van der Waals surface area contributed by atoms with Crippen LogP contribution < -0.4 is 10.2 Å². The highest BCUT2D eigenvalue weighted by atomic mass is 16.5. The van der Waals surface area contributed by atoms with Crippen LogP contribution in [0.5, 0.6) is 0 Å². The summed E-state index contributed by atoms with van der Waals surface area (Å²) in [4.78, 5) is 52.9. The minimum atomic E-state index is -0.705. The van der Waals surface area contributed by atoms with Gasteiger partial charge >= 0.3 is 5.97 Å². The minimum Gasteiger partial charge on any atom is -0.452 e. The van der Waals surface area contributed by atoms with Gasteiger partial charge < -0.3 is 10.1 Å². The zero-order chi connectivity index (χ0) is 26.8. The fourth-order valence-corrected chi connectivity index (χ4v) is 5.50. The van der Waals surface area contributed by atoms with Crippen molar-refractivity contribution in [3.63, 3.8) is 0 Å². The second kappa shape index (κ2) is 10.6. The van der Waals surface area contributed by atoms with E-state index >= 15 is 0 Å². The van der Waals surface area contributed by atoms with Crippen LogP contribution in [0.2, 0.25) is 0 Å². The molecule has 1 aliphatic heterocycles. The van der Waals surface area contributed by atoms with Gasteiger partial charge in [0.2, 0.25) is 11.8 Å². The van der Waals surface area contributed by atoms with Crippen LogP contribution in [-0.4, -0.2) is 30.3 Å². The second-order valence-electron chi connectivity index (χ2n) is 10.1. The van der Waals surface area contributed by atoms with Crippen molar-refractivity contribution in [3.8, 4) is 0 Å². The highest BCUT2D eigenvalue weighted by Gasteiger charge is 2.50. The maximum absolute atomic E-state index is 13.4. The van der Waals surface area contributed by atoms with Crippen LogP contribution in [0.25, 0.3) is 0 Å². The van der Waals surface area contributed by atoms with Crippen LogP contribution >= 0.6 is 0 Å². The van der Waals surface area contributed by atoms with E-state index in [1.807, 2.05) is 50.2 Å². The zero-order valence-corrected chi connectivity index (χ0v) is 21.5. The van der Waals surface area contributed by atoms with E-state index < -0.39 is 18.5 Å². The molecule has 3 amide bonds. The van der Waals surface area contributed by atoms with E-state index in [2.05, 4.69) is 17.4 Å². The molecular formula is C31H30N2O5. The molecule has 1 aliphatic carbocycles. The first-order valence-electron chi connectivity index (χ1n) is 12.9. The van der Waals surface area contributed by atoms with Crippen LogP contribution in [-0.2, 0) is 19.1 Å². The summed E-state index contributed by atoms with van der Waals surface area (Å²) in [6.45, 7) is 3.35. The number of esters is 1. The zero-order valence-electron chi connectivity index (χ0n) is 21.5. The summed E-state index contributed by atoms with van der Waals surface area (Å²) in [6.07, 6.45) is 2.14. The van der Waals surface area contributed by atoms with Crippen LogP contribution in [0.3, 0.4) is 0 Å². The Bertz CT molecular complexity index is 1400. The Hall–Kier alpha value is -4.26. The maximum atomic E-state index is 13.4. The number of rotatable bonds is 6. The average Bonchev–Trinajstić information content (AvgIpc) is 3.18. The molecule has 3 atom stereocenters. The predicted molar refractivity (Wildman–Crippen MR) is 144 cm³/mol. The lowest BCUT2D eigenvalue weighted by atomic mass is 9.73. The van der Waals surface area contributed by atoms with E-state index in [1.54, 1.807) is 12.1 Å². The molecule has 3 aromatic rings. The summed E-state index contributed by atoms with van der Waals surface area (Å²) < 4.78 is 5.22. The standard InChI is InChI=1S/C31H30N2O5/c1-19-11-12-20(2)27(15-19)32-28(34)18-38-31(37)23-9-6-10-24(16-23)33-29(35)25-14-13-22(17-26(25)30(33)36)21-7-4-3-5-8-21/h3-12,15-16,22,25-26H,13-14,17-18H2,1-2H3,(H,32,34)/t22-,25-,26+/m1/s1. The monoisotopic (exact) mass is 510 g/mol. The topological polar surface area (TPSA) is 92.8 Å². The number of carbonyl (C=O) groups is 4. The van der Waals surface area contributed by atoms with Gasteiger partial charge in [-0.05, 0) is 80.0 Å². The number of benzene rings is 3. The summed E-state index contributed by atoms with van der Waals surface area (Å²) in [5.74, 6) is -2.07. The van der Waals surface area contributed by atoms with Gasteiger partial charge in [0.05, 0.1) is 23.1 Å². The molecule has 5 rings (SSSR count). The van der Waals surface area contributed by atoms with Gasteiger partial charge in [0.15, 0.2) is 6.61 Å². The minimum absolute atomic E-state index is 0.166. The van der Waals surface area contributed by atoms with Gasteiger partial charge in [0.25, 0.3) is 5.91 Å². The van der Waals surface area contributed by atoms with Gasteiger partial charge in [-0.25, -0.2) is 4.79 Å². The number of fused-ring (bicyclic) bond motifs is 1. The van der Waals surface area contributed by atoms with Crippen molar-refractivity contribution in [2.75, 3.05) is 16.8 Å². The van der Waals surface area contributed by atoms with E-state index in [0.29, 0.717) is 24.2 Å². The van der Waals surface area contributed by atoms with E-state index in [1.165, 1.54) is 22.6 Å². The number of hydrogen-bond acceptors (Lipinski definition) is 5. The van der Waals surface area contributed by atoms with E-state index in [-0.39, 0.29) is 35.1 Å². The Kier molecular flexibility index (Phi) is 7.09. The lowest BCUT2D eigenvalue weighted by Crippen LogP contribution is -2.31. The Labute approximate surface area is 221 Å². The smallest absolute Gasteiger partial charge is 0.338 e. The van der Waals surface area contributed by atoms with Gasteiger partial charge in [0, 0.05) is 5.69 Å². The fraction of sp³-hybridized carbons (Fsp3) is 0.290. The van der Waals surface area contributed by atoms with Gasteiger partial charge in [0.1, 0.15) is 0 Å². The number of anilines is 2. The van der Waals surface area contributed by atoms with Crippen LogP contribution in [0.4, 0.5) is 11.4 Å². The van der Waals surface area contributed by atoms with Crippen molar-refractivity contribution in [1.82, 2.24) is 0 Å². The van der Waals surface area contributed by atoms with Crippen molar-refractivity contribution >= 4 is 35.1 Å². The van der Waals surface area contributed by atoms with Crippen molar-refractivity contribution in [2.24, 2.45) is 11.8 Å². The molecule has 1 saturated carbocycles. The Morgan fingerprint density at radius 1 is 0.895 bits per heavy atom. The number of imide groups is 1. The Balaban J connectivity index is 1.25. The average molecular weight is 511 g/mol. The third kappa shape index (κ3) is 5.09. The molecule has 0 bridgehead atoms. The number of aryl methyl sites for hydroxylation is 2. The van der Waals surface area contributed by atoms with Crippen molar-refractivity contribution < 1.29 is 23.9 Å². The molecule has 7 nitrogen and oxygen atoms in total. The SMILES string of the molecule is Cc1ccc(C)c(NC(=O)COC(=O)c2cccc(N3C(=O)[C@H]4C[C@H](c5ccccc5)CC[C@H]4C3=O)c2)c1. The fourth-order valence-electron chi connectivity index (χ4n) is 5.50. The summed E-state index contributed by atoms with van der Waals surface area (Å²) in [7, 11) is 0. The summed E-state index contributed by atoms with van der Waals surface area (Å²) in [6, 6.07) is 22.1. The summed E-state index contributed by atoms with van der Waals surface area (Å²) >= 11 is 0. The first-order chi connectivity index (χ1) is 18.3. The predicted octanol–water partition coefficient (Wildman–Crippen LogP) is 5.17. The molecule has 7 heteroatoms. The molecule has 2 fully saturated rings. The van der Waals surface area contributed by atoms with Crippen LogP contribution in [0.1, 0.15) is 52.2 Å². The van der Waals surface area contributed by atoms with Gasteiger partial charge in [-0.3, -0.25) is 19.3 Å². The molecule has 0 spiro atoms. The first kappa shape index (κ1) is 25.4. The normalized spacial score (nSPS) is 20.7. The van der Waals surface area contributed by atoms with Crippen molar-refractivity contribution in [3.05, 3.63) is 95.1 Å². The van der Waals surface area contributed by atoms with E-state index in [9.17, 15) is 19.2 Å². The molecule has 1 heterocycles. The van der Waals surface area contributed by atoms with Crippen LogP contribution in [0, 0.1) is 25.7 Å². The third-order valence-electron chi connectivity index (χ3n) is 7.54. The number of nitrogens with zero attached hydrogens (tertiary/aromatic N) is 1. The van der Waals surface area contributed by atoms with Gasteiger partial charge in [-0.2, -0.15) is 0 Å². The number of nitrogens with one attached hydrogen (secondary N) is 1. The Morgan fingerprint density at radius 3 is 2.45 bits per heavy atom. The molecule has 1 N–H and O–H groups in total. The summed E-state index contributed by atoms with van der Waals surface area (Å²) in [5, 5.41) is 2.76. The number of ether oxygens (including phenoxy) is 1. The van der Waals surface area contributed by atoms with E-state index in [0.717, 1.165) is 17.5 Å². The molecule has 3 aromatic carbocycles. The van der Waals surface area contributed by atoms with E-state index in [4.69, 9.17) is 4.74 Å². The van der Waals surface area contributed by atoms with Crippen molar-refractivity contribution in [2.45, 2.75) is 39.0 Å². The lowest BCUT2D eigenvalue weighted by molar-refractivity contribution is -0.122. The number of amides is 3.